The molecule has 2 heterocycles. The van der Waals surface area contributed by atoms with Crippen molar-refractivity contribution in [3.63, 3.8) is 0 Å². The smallest absolute Gasteiger partial charge is 0.246 e. The number of nitrogens with zero attached hydrogens (tertiary/aromatic N) is 2. The van der Waals surface area contributed by atoms with Gasteiger partial charge in [0.15, 0.2) is 0 Å². The number of unbranched alkanes of at least 4 members (excludes halogenated alkanes) is 1. The summed E-state index contributed by atoms with van der Waals surface area (Å²) in [7, 11) is 0. The van der Waals surface area contributed by atoms with Crippen molar-refractivity contribution in [1.29, 1.82) is 0 Å². The first-order chi connectivity index (χ1) is 26.9. The number of hydrogen-bond acceptors (Lipinski definition) is 9. The molecule has 0 saturated carbocycles. The number of benzene rings is 2. The average molecular weight is 809 g/mol. The van der Waals surface area contributed by atoms with E-state index in [1.165, 1.54) is 17.9 Å². The highest BCUT2D eigenvalue weighted by Crippen LogP contribution is 2.28. The predicted molar refractivity (Wildman–Crippen MR) is 216 cm³/mol. The zero-order valence-electron chi connectivity index (χ0n) is 33.7. The van der Waals surface area contributed by atoms with Gasteiger partial charge in [0.25, 0.3) is 0 Å². The van der Waals surface area contributed by atoms with E-state index in [-0.39, 0.29) is 56.7 Å². The molecular weight excluding hydrogens is 752 g/mol. The van der Waals surface area contributed by atoms with Crippen molar-refractivity contribution in [2.24, 2.45) is 11.1 Å². The van der Waals surface area contributed by atoms with Crippen molar-refractivity contribution in [3.8, 4) is 10.4 Å². The molecule has 5 amide bonds. The molecule has 310 valence electrons. The Balaban J connectivity index is 1.25. The van der Waals surface area contributed by atoms with E-state index >= 15 is 0 Å². The third-order valence-corrected chi connectivity index (χ3v) is 11.1. The molecule has 1 saturated heterocycles. The maximum absolute atomic E-state index is 15.0. The third kappa shape index (κ3) is 13.4. The Kier molecular flexibility index (Phi) is 16.3. The number of aromatic nitrogens is 1. The molecule has 0 aliphatic carbocycles. The average Bonchev–Trinajstić information content (AvgIpc) is 3.77. The van der Waals surface area contributed by atoms with Gasteiger partial charge in [0.1, 0.15) is 17.9 Å². The quantitative estimate of drug-likeness (QED) is 0.110. The first-order valence-corrected chi connectivity index (χ1v) is 20.3. The Hall–Kier alpha value is -4.73. The van der Waals surface area contributed by atoms with Crippen LogP contribution in [0.5, 0.6) is 0 Å². The predicted octanol–water partition coefficient (Wildman–Crippen LogP) is 4.45. The summed E-state index contributed by atoms with van der Waals surface area (Å²) < 4.78 is 20.8. The minimum absolute atomic E-state index is 0.0165. The first-order valence-electron chi connectivity index (χ1n) is 19.4. The maximum Gasteiger partial charge on any atom is 0.246 e. The summed E-state index contributed by atoms with van der Waals surface area (Å²) in [4.78, 5) is 70.1. The van der Waals surface area contributed by atoms with E-state index in [4.69, 9.17) is 10.5 Å². The molecular formula is C42H57FN6O7S. The molecule has 3 aromatic rings. The molecule has 57 heavy (non-hydrogen) atoms. The van der Waals surface area contributed by atoms with E-state index in [0.717, 1.165) is 27.3 Å². The van der Waals surface area contributed by atoms with Crippen LogP contribution in [0.15, 0.2) is 48.0 Å². The number of thiazole rings is 1. The van der Waals surface area contributed by atoms with E-state index < -0.39 is 53.4 Å². The van der Waals surface area contributed by atoms with Crippen LogP contribution in [0.4, 0.5) is 4.39 Å². The fourth-order valence-corrected chi connectivity index (χ4v) is 7.62. The Labute approximate surface area is 338 Å². The molecule has 0 unspecified atom stereocenters. The summed E-state index contributed by atoms with van der Waals surface area (Å²) in [6.07, 6.45) is 0.872. The molecule has 1 aromatic heterocycles. The monoisotopic (exact) mass is 808 g/mol. The third-order valence-electron chi connectivity index (χ3n) is 10.1. The molecule has 5 atom stereocenters. The minimum Gasteiger partial charge on any atom is -0.391 e. The second kappa shape index (κ2) is 20.6. The van der Waals surface area contributed by atoms with E-state index in [1.807, 2.05) is 52.0 Å². The Morgan fingerprint density at radius 2 is 1.75 bits per heavy atom. The number of carbonyl (C=O) groups is 5. The Bertz CT molecular complexity index is 1860. The van der Waals surface area contributed by atoms with Gasteiger partial charge < -0.3 is 36.4 Å². The van der Waals surface area contributed by atoms with Crippen LogP contribution in [0.1, 0.15) is 95.5 Å². The summed E-state index contributed by atoms with van der Waals surface area (Å²) in [5.74, 6) is -2.32. The Morgan fingerprint density at radius 3 is 2.37 bits per heavy atom. The van der Waals surface area contributed by atoms with Crippen LogP contribution in [0.3, 0.4) is 0 Å². The number of aryl methyl sites for hydroxylation is 2. The number of nitrogens with two attached hydrogens (primary N) is 1. The summed E-state index contributed by atoms with van der Waals surface area (Å²) in [5.41, 5.74) is 10.4. The van der Waals surface area contributed by atoms with Crippen LogP contribution in [0, 0.1) is 18.2 Å². The molecule has 4 rings (SSSR count). The number of rotatable bonds is 19. The number of halogens is 1. The normalized spacial score (nSPS) is 17.1. The van der Waals surface area contributed by atoms with Gasteiger partial charge in [-0.05, 0) is 67.7 Å². The molecule has 2 aromatic carbocycles. The number of hydrogen-bond donors (Lipinski definition) is 5. The number of amides is 5. The van der Waals surface area contributed by atoms with Crippen LogP contribution in [-0.4, -0.2) is 81.4 Å². The number of likely N-dealkylation sites (tertiary alicyclic amines) is 1. The molecule has 0 bridgehead atoms. The zero-order valence-corrected chi connectivity index (χ0v) is 34.5. The van der Waals surface area contributed by atoms with Gasteiger partial charge in [-0.3, -0.25) is 24.0 Å². The maximum atomic E-state index is 15.0. The van der Waals surface area contributed by atoms with Crippen LogP contribution in [0.25, 0.3) is 10.4 Å². The second-order valence-corrected chi connectivity index (χ2v) is 16.8. The van der Waals surface area contributed by atoms with Gasteiger partial charge in [0.05, 0.1) is 40.9 Å². The lowest BCUT2D eigenvalue weighted by atomic mass is 9.85. The molecule has 15 heteroatoms. The van der Waals surface area contributed by atoms with Gasteiger partial charge in [-0.15, -0.1) is 11.3 Å². The molecule has 0 radical (unpaired) electrons. The van der Waals surface area contributed by atoms with Crippen molar-refractivity contribution in [2.45, 2.75) is 130 Å². The van der Waals surface area contributed by atoms with Crippen LogP contribution in [-0.2, 0) is 48.3 Å². The lowest BCUT2D eigenvalue weighted by Crippen LogP contribution is -2.57. The minimum atomic E-state index is -0.934. The summed E-state index contributed by atoms with van der Waals surface area (Å²) in [6, 6.07) is 10.4. The van der Waals surface area contributed by atoms with Gasteiger partial charge in [-0.2, -0.15) is 0 Å². The second-order valence-electron chi connectivity index (χ2n) is 15.9. The number of aliphatic hydroxyl groups excluding tert-OH is 1. The van der Waals surface area contributed by atoms with Crippen molar-refractivity contribution < 1.29 is 38.2 Å². The van der Waals surface area contributed by atoms with Crippen molar-refractivity contribution in [2.75, 3.05) is 6.54 Å². The topological polar surface area (TPSA) is 193 Å². The summed E-state index contributed by atoms with van der Waals surface area (Å²) >= 11 is 1.57. The number of primary amides is 1. The van der Waals surface area contributed by atoms with E-state index in [1.54, 1.807) is 35.9 Å². The summed E-state index contributed by atoms with van der Waals surface area (Å²) in [6.45, 7) is 10.8. The SMILES string of the molecule is CC(=O)N[C@@H](CCC(N)=O)[C@@H](C)OCc1ccc(CCCCC(=O)N[C@H](C(=O)N2C[C@H](O)C[C@H]2C(=O)NCc2ccc(-c3scnc3C)cc2)C(C)(C)C)cc1F. The zero-order chi connectivity index (χ0) is 41.9. The molecule has 1 aliphatic rings. The number of nitrogens with one attached hydrogen (secondary N) is 3. The van der Waals surface area contributed by atoms with Gasteiger partial charge in [0.2, 0.25) is 29.5 Å². The van der Waals surface area contributed by atoms with Crippen LogP contribution >= 0.6 is 11.3 Å². The van der Waals surface area contributed by atoms with Crippen LogP contribution < -0.4 is 21.7 Å². The van der Waals surface area contributed by atoms with Gasteiger partial charge in [-0.1, -0.05) is 57.2 Å². The molecule has 13 nitrogen and oxygen atoms in total. The number of aliphatic hydroxyl groups is 1. The standard InChI is InChI=1S/C42H57FN6O7S/c1-25-38(57-24-46-25)30-14-12-29(13-15-30)21-45-40(54)35-20-32(51)22-49(35)41(55)39(42(4,5)6)48-37(53)10-8-7-9-28-11-16-31(33(43)19-28)23-56-26(2)34(47-27(3)50)17-18-36(44)52/h11-16,19,24,26,32,34-35,39,51H,7-10,17-18,20-23H2,1-6H3,(H2,44,52)(H,45,54)(H,47,50)(H,48,53)/t26-,32-,34+,35+,39-/m1/s1. The molecule has 1 aliphatic heterocycles. The van der Waals surface area contributed by atoms with Crippen LogP contribution in [0.2, 0.25) is 0 Å². The molecule has 6 N–H and O–H groups in total. The highest BCUT2D eigenvalue weighted by molar-refractivity contribution is 7.13. The molecule has 1 fully saturated rings. The lowest BCUT2D eigenvalue weighted by molar-refractivity contribution is -0.144. The Morgan fingerprint density at radius 1 is 1.05 bits per heavy atom. The number of ether oxygens (including phenoxy) is 1. The van der Waals surface area contributed by atoms with Gasteiger partial charge in [0, 0.05) is 44.8 Å². The lowest BCUT2D eigenvalue weighted by Gasteiger charge is -2.35. The highest BCUT2D eigenvalue weighted by atomic mass is 32.1. The van der Waals surface area contributed by atoms with Crippen molar-refractivity contribution in [1.82, 2.24) is 25.8 Å². The van der Waals surface area contributed by atoms with Crippen molar-refractivity contribution >= 4 is 40.9 Å². The largest absolute Gasteiger partial charge is 0.391 e. The number of carbonyl (C=O) groups excluding carboxylic acids is 5. The fourth-order valence-electron chi connectivity index (χ4n) is 6.81. The van der Waals surface area contributed by atoms with Gasteiger partial charge in [-0.25, -0.2) is 9.37 Å². The van der Waals surface area contributed by atoms with Gasteiger partial charge >= 0.3 is 0 Å². The van der Waals surface area contributed by atoms with Crippen molar-refractivity contribution in [3.05, 3.63) is 76.2 Å². The fraction of sp³-hybridized carbons (Fsp3) is 0.524. The first kappa shape index (κ1) is 45.0. The number of β-amino-alcohol motifs (C(OH)–C–C–N with tert-alkyl or cyclic N) is 1. The summed E-state index contributed by atoms with van der Waals surface area (Å²) in [5, 5.41) is 19.1. The van der Waals surface area contributed by atoms with E-state index in [2.05, 4.69) is 20.9 Å². The highest BCUT2D eigenvalue weighted by Gasteiger charge is 2.44. The molecule has 0 spiro atoms. The van der Waals surface area contributed by atoms with E-state index in [0.29, 0.717) is 31.2 Å². The van der Waals surface area contributed by atoms with E-state index in [9.17, 15) is 33.5 Å².